The molecule has 0 bridgehead atoms. The van der Waals surface area contributed by atoms with Gasteiger partial charge in [-0.15, -0.1) is 0 Å². The molecule has 0 fully saturated rings. The number of nitrogens with zero attached hydrogens (tertiary/aromatic N) is 2. The molecule has 0 saturated heterocycles. The van der Waals surface area contributed by atoms with E-state index in [2.05, 4.69) is 5.32 Å². The molecule has 1 aliphatic rings. The van der Waals surface area contributed by atoms with E-state index in [1.807, 2.05) is 73.4 Å². The van der Waals surface area contributed by atoms with Gasteiger partial charge in [0.05, 0.1) is 6.54 Å². The molecule has 8 heteroatoms. The van der Waals surface area contributed by atoms with Crippen molar-refractivity contribution in [3.8, 4) is 0 Å². The second-order valence-electron chi connectivity index (χ2n) is 11.1. The Labute approximate surface area is 211 Å². The molecule has 0 radical (unpaired) electrons. The monoisotopic (exact) mass is 491 g/mol. The summed E-state index contributed by atoms with van der Waals surface area (Å²) >= 11 is 0. The molecule has 1 rings (SSSR count). The predicted octanol–water partition coefficient (Wildman–Crippen LogP) is 3.76. The Bertz CT molecular complexity index is 823. The van der Waals surface area contributed by atoms with E-state index in [9.17, 15) is 19.2 Å². The first-order valence-corrected chi connectivity index (χ1v) is 12.5. The van der Waals surface area contributed by atoms with Crippen LogP contribution in [0.5, 0.6) is 0 Å². The Morgan fingerprint density at radius 1 is 1.14 bits per heavy atom. The van der Waals surface area contributed by atoms with Crippen LogP contribution in [-0.4, -0.2) is 77.7 Å². The predicted molar refractivity (Wildman–Crippen MR) is 138 cm³/mol. The van der Waals surface area contributed by atoms with Crippen molar-refractivity contribution in [2.75, 3.05) is 26.7 Å². The third-order valence-electron chi connectivity index (χ3n) is 5.61. The lowest BCUT2D eigenvalue weighted by Gasteiger charge is -2.37. The van der Waals surface area contributed by atoms with Gasteiger partial charge in [-0.1, -0.05) is 39.8 Å². The van der Waals surface area contributed by atoms with E-state index in [0.29, 0.717) is 25.9 Å². The molecule has 0 aromatic heterocycles. The molecule has 35 heavy (non-hydrogen) atoms. The van der Waals surface area contributed by atoms with Gasteiger partial charge in [0.25, 0.3) is 0 Å². The summed E-state index contributed by atoms with van der Waals surface area (Å²) in [7, 11) is 1.81. The molecule has 1 aliphatic heterocycles. The SMILES string of the molecule is CC(CC1CC(C(=O)C(C)C)=CCN1C(=O)OC(C)(C)C)NC(=O)CN(C)C/C=C/C(=O)C(C)C. The maximum atomic E-state index is 12.8. The number of hydrogen-bond donors (Lipinski definition) is 1. The maximum absolute atomic E-state index is 12.8. The van der Waals surface area contributed by atoms with Crippen LogP contribution in [0.25, 0.3) is 0 Å². The van der Waals surface area contributed by atoms with E-state index < -0.39 is 11.7 Å². The van der Waals surface area contributed by atoms with Crippen LogP contribution in [0.2, 0.25) is 0 Å². The van der Waals surface area contributed by atoms with Gasteiger partial charge in [0.15, 0.2) is 11.6 Å². The highest BCUT2D eigenvalue weighted by atomic mass is 16.6. The van der Waals surface area contributed by atoms with E-state index >= 15 is 0 Å². The van der Waals surface area contributed by atoms with Crippen molar-refractivity contribution in [2.45, 2.75) is 85.9 Å². The van der Waals surface area contributed by atoms with Crippen LogP contribution >= 0.6 is 0 Å². The lowest BCUT2D eigenvalue weighted by molar-refractivity contribution is -0.122. The fraction of sp³-hybridized carbons (Fsp3) is 0.704. The van der Waals surface area contributed by atoms with Gasteiger partial charge in [0, 0.05) is 37.0 Å². The zero-order valence-corrected chi connectivity index (χ0v) is 23.0. The fourth-order valence-electron chi connectivity index (χ4n) is 3.77. The summed E-state index contributed by atoms with van der Waals surface area (Å²) in [4.78, 5) is 53.2. The van der Waals surface area contributed by atoms with Gasteiger partial charge in [-0.2, -0.15) is 0 Å². The van der Waals surface area contributed by atoms with Crippen LogP contribution in [0.15, 0.2) is 23.8 Å². The highest BCUT2D eigenvalue weighted by Crippen LogP contribution is 2.26. The minimum absolute atomic E-state index is 0.0491. The van der Waals surface area contributed by atoms with E-state index in [0.717, 1.165) is 5.57 Å². The first-order chi connectivity index (χ1) is 16.1. The maximum Gasteiger partial charge on any atom is 0.410 e. The third kappa shape index (κ3) is 11.2. The number of ketones is 2. The number of carbonyl (C=O) groups is 4. The normalized spacial score (nSPS) is 17.7. The largest absolute Gasteiger partial charge is 0.444 e. The van der Waals surface area contributed by atoms with Crippen molar-refractivity contribution < 1.29 is 23.9 Å². The summed E-state index contributed by atoms with van der Waals surface area (Å²) in [6.45, 7) is 15.8. The zero-order chi connectivity index (χ0) is 26.9. The molecule has 0 saturated carbocycles. The molecular formula is C27H45N3O5. The molecule has 0 aliphatic carbocycles. The van der Waals surface area contributed by atoms with Gasteiger partial charge in [-0.05, 0) is 59.2 Å². The number of ether oxygens (including phenoxy) is 1. The van der Waals surface area contributed by atoms with Gasteiger partial charge in [-0.3, -0.25) is 19.3 Å². The molecular weight excluding hydrogens is 446 g/mol. The smallest absolute Gasteiger partial charge is 0.410 e. The summed E-state index contributed by atoms with van der Waals surface area (Å²) in [5.41, 5.74) is 0.101. The third-order valence-corrected chi connectivity index (χ3v) is 5.61. The number of carbonyl (C=O) groups excluding carboxylic acids is 4. The van der Waals surface area contributed by atoms with Crippen LogP contribution < -0.4 is 5.32 Å². The summed E-state index contributed by atoms with van der Waals surface area (Å²) in [6, 6.07) is -0.469. The molecule has 0 aromatic rings. The van der Waals surface area contributed by atoms with Gasteiger partial charge < -0.3 is 15.0 Å². The standard InChI is InChI=1S/C27H45N3O5/c1-18(2)23(31)11-10-13-29(9)17-24(32)28-20(5)15-22-16-21(25(33)19(3)4)12-14-30(22)26(34)35-27(6,7)8/h10-12,18-20,22H,13-17H2,1-9H3,(H,28,32)/b11-10+. The molecule has 8 nitrogen and oxygen atoms in total. The molecule has 2 atom stereocenters. The molecule has 1 N–H and O–H groups in total. The number of likely N-dealkylation sites (N-methyl/N-ethyl adjacent to an activating group) is 1. The minimum atomic E-state index is -0.627. The zero-order valence-electron chi connectivity index (χ0n) is 23.0. The molecule has 0 spiro atoms. The highest BCUT2D eigenvalue weighted by molar-refractivity contribution is 5.97. The molecule has 198 valence electrons. The summed E-state index contributed by atoms with van der Waals surface area (Å²) in [6.07, 6.45) is 5.65. The van der Waals surface area contributed by atoms with Crippen LogP contribution in [-0.2, 0) is 19.1 Å². The Morgan fingerprint density at radius 3 is 2.31 bits per heavy atom. The van der Waals surface area contributed by atoms with Gasteiger partial charge >= 0.3 is 6.09 Å². The Morgan fingerprint density at radius 2 is 1.77 bits per heavy atom. The van der Waals surface area contributed by atoms with Crippen molar-refractivity contribution in [1.82, 2.24) is 15.1 Å². The van der Waals surface area contributed by atoms with Crippen molar-refractivity contribution in [1.29, 1.82) is 0 Å². The fourth-order valence-corrected chi connectivity index (χ4v) is 3.77. The Balaban J connectivity index is 2.77. The van der Waals surface area contributed by atoms with E-state index in [4.69, 9.17) is 4.74 Å². The Kier molecular flexibility index (Phi) is 11.8. The quantitative estimate of drug-likeness (QED) is 0.442. The average Bonchev–Trinajstić information content (AvgIpc) is 2.71. The summed E-state index contributed by atoms with van der Waals surface area (Å²) in [5.74, 6) is -0.166. The van der Waals surface area contributed by atoms with Crippen LogP contribution in [0.4, 0.5) is 4.79 Å². The number of allylic oxidation sites excluding steroid dienone is 1. The van der Waals surface area contributed by atoms with Gasteiger partial charge in [0.1, 0.15) is 5.60 Å². The highest BCUT2D eigenvalue weighted by Gasteiger charge is 2.34. The first kappa shape index (κ1) is 30.6. The second-order valence-corrected chi connectivity index (χ2v) is 11.1. The number of amides is 2. The molecule has 0 aromatic carbocycles. The second kappa shape index (κ2) is 13.6. The van der Waals surface area contributed by atoms with Gasteiger partial charge in [-0.25, -0.2) is 4.79 Å². The number of nitrogens with one attached hydrogen (secondary N) is 1. The van der Waals surface area contributed by atoms with E-state index in [1.54, 1.807) is 17.1 Å². The van der Waals surface area contributed by atoms with Crippen LogP contribution in [0.1, 0.15) is 68.2 Å². The summed E-state index contributed by atoms with van der Waals surface area (Å²) in [5, 5.41) is 3.00. The molecule has 1 heterocycles. The summed E-state index contributed by atoms with van der Waals surface area (Å²) < 4.78 is 5.58. The van der Waals surface area contributed by atoms with Crippen molar-refractivity contribution in [2.24, 2.45) is 11.8 Å². The van der Waals surface area contributed by atoms with Crippen LogP contribution in [0.3, 0.4) is 0 Å². The average molecular weight is 492 g/mol. The van der Waals surface area contributed by atoms with Crippen molar-refractivity contribution in [3.05, 3.63) is 23.8 Å². The number of Topliss-reactive ketones (excluding diaryl/α,β-unsaturated/α-hetero) is 1. The van der Waals surface area contributed by atoms with Gasteiger partial charge in [0.2, 0.25) is 5.91 Å². The molecule has 2 amide bonds. The van der Waals surface area contributed by atoms with Crippen LogP contribution in [0, 0.1) is 11.8 Å². The topological polar surface area (TPSA) is 96.0 Å². The lowest BCUT2D eigenvalue weighted by atomic mass is 9.89. The minimum Gasteiger partial charge on any atom is -0.444 e. The number of rotatable bonds is 11. The van der Waals surface area contributed by atoms with Crippen molar-refractivity contribution in [3.63, 3.8) is 0 Å². The first-order valence-electron chi connectivity index (χ1n) is 12.5. The molecule has 2 unspecified atom stereocenters. The Hall–Kier alpha value is -2.48. The van der Waals surface area contributed by atoms with E-state index in [-0.39, 0.29) is 47.9 Å². The van der Waals surface area contributed by atoms with E-state index in [1.165, 1.54) is 0 Å². The van der Waals surface area contributed by atoms with Crippen molar-refractivity contribution >= 4 is 23.6 Å². The lowest BCUT2D eigenvalue weighted by Crippen LogP contribution is -2.49. The number of hydrogen-bond acceptors (Lipinski definition) is 6.